The van der Waals surface area contributed by atoms with Crippen molar-refractivity contribution in [1.82, 2.24) is 19.0 Å². The molecule has 4 aromatic rings. The first-order valence-corrected chi connectivity index (χ1v) is 15.9. The van der Waals surface area contributed by atoms with Crippen molar-refractivity contribution in [3.05, 3.63) is 47.5 Å². The van der Waals surface area contributed by atoms with Gasteiger partial charge in [-0.15, -0.1) is 0 Å². The number of carbonyl (C=O) groups excluding carboxylic acids is 1. The van der Waals surface area contributed by atoms with E-state index >= 15 is 0 Å². The molecule has 3 heterocycles. The number of fused-ring (bicyclic) bond motifs is 2. The zero-order chi connectivity index (χ0) is 29.0. The topological polar surface area (TPSA) is 104 Å². The number of piperidine rings is 1. The Balaban J connectivity index is 1.33. The third kappa shape index (κ3) is 4.88. The number of imidazole rings is 1. The highest BCUT2D eigenvalue weighted by Crippen LogP contribution is 2.42. The maximum atomic E-state index is 13.6. The Hall–Kier alpha value is -3.36. The molecule has 222 valence electrons. The summed E-state index contributed by atoms with van der Waals surface area (Å²) in [6, 6.07) is 13.3. The smallest absolute Gasteiger partial charge is 0.254 e. The van der Waals surface area contributed by atoms with Crippen LogP contribution in [0.3, 0.4) is 0 Å². The lowest BCUT2D eigenvalue weighted by Crippen LogP contribution is -2.42. The number of ether oxygens (including phenoxy) is 1. The number of likely N-dealkylation sites (tertiary alicyclic amines) is 1. The Bertz CT molecular complexity index is 1620. The Morgan fingerprint density at radius 1 is 1.02 bits per heavy atom. The molecule has 2 aromatic carbocycles. The fourth-order valence-corrected chi connectivity index (χ4v) is 7.49. The Morgan fingerprint density at radius 3 is 2.57 bits per heavy atom. The molecule has 1 aliphatic heterocycles. The molecule has 1 atom stereocenters. The van der Waals surface area contributed by atoms with Gasteiger partial charge in [0.15, 0.2) is 5.82 Å². The Labute approximate surface area is 248 Å². The van der Waals surface area contributed by atoms with Gasteiger partial charge in [0.05, 0.1) is 23.8 Å². The second-order valence-electron chi connectivity index (χ2n) is 13.0. The zero-order valence-corrected chi connectivity index (χ0v) is 25.0. The van der Waals surface area contributed by atoms with Gasteiger partial charge in [0.1, 0.15) is 11.3 Å². The van der Waals surface area contributed by atoms with Crippen molar-refractivity contribution in [3.8, 4) is 17.3 Å². The summed E-state index contributed by atoms with van der Waals surface area (Å²) in [5, 5.41) is 1.27. The summed E-state index contributed by atoms with van der Waals surface area (Å²) in [5.41, 5.74) is 18.5. The van der Waals surface area contributed by atoms with E-state index in [2.05, 4.69) is 40.4 Å². The highest BCUT2D eigenvalue weighted by Gasteiger charge is 2.30. The molecule has 2 aromatic heterocycles. The third-order valence-electron chi connectivity index (χ3n) is 10.1. The molecule has 8 nitrogen and oxygen atoms in total. The molecule has 2 saturated carbocycles. The van der Waals surface area contributed by atoms with Crippen molar-refractivity contribution in [2.75, 3.05) is 26.7 Å². The van der Waals surface area contributed by atoms with Crippen LogP contribution >= 0.6 is 0 Å². The van der Waals surface area contributed by atoms with Gasteiger partial charge in [-0.2, -0.15) is 0 Å². The van der Waals surface area contributed by atoms with E-state index in [1.54, 1.807) is 7.11 Å². The molecule has 3 aliphatic rings. The minimum Gasteiger partial charge on any atom is -0.494 e. The summed E-state index contributed by atoms with van der Waals surface area (Å²) in [4.78, 5) is 20.8. The van der Waals surface area contributed by atoms with Crippen LogP contribution in [0.15, 0.2) is 36.4 Å². The quantitative estimate of drug-likeness (QED) is 0.310. The van der Waals surface area contributed by atoms with Crippen LogP contribution in [-0.4, -0.2) is 57.7 Å². The van der Waals surface area contributed by atoms with Gasteiger partial charge in [-0.05, 0) is 99.4 Å². The number of carbonyl (C=O) groups is 1. The van der Waals surface area contributed by atoms with Gasteiger partial charge in [0.25, 0.3) is 5.91 Å². The summed E-state index contributed by atoms with van der Waals surface area (Å²) in [6.07, 6.45) is 9.10. The van der Waals surface area contributed by atoms with E-state index in [4.69, 9.17) is 21.2 Å². The van der Waals surface area contributed by atoms with Gasteiger partial charge in [0.2, 0.25) is 0 Å². The van der Waals surface area contributed by atoms with Gasteiger partial charge < -0.3 is 30.2 Å². The molecular formula is C34H44N6O2. The monoisotopic (exact) mass is 568 g/mol. The first kappa shape index (κ1) is 27.5. The van der Waals surface area contributed by atoms with E-state index in [1.807, 2.05) is 17.0 Å². The maximum absolute atomic E-state index is 13.6. The average molecular weight is 569 g/mol. The Morgan fingerprint density at radius 2 is 1.83 bits per heavy atom. The lowest BCUT2D eigenvalue weighted by Gasteiger charge is -2.32. The van der Waals surface area contributed by atoms with Crippen LogP contribution in [0.5, 0.6) is 5.75 Å². The van der Waals surface area contributed by atoms with Crippen LogP contribution in [0.25, 0.3) is 33.5 Å². The van der Waals surface area contributed by atoms with E-state index in [1.165, 1.54) is 29.3 Å². The van der Waals surface area contributed by atoms with Crippen LogP contribution in [0.2, 0.25) is 0 Å². The average Bonchev–Trinajstić information content (AvgIpc) is 3.68. The first-order chi connectivity index (χ1) is 20.4. The van der Waals surface area contributed by atoms with E-state index in [0.29, 0.717) is 48.2 Å². The fraction of sp³-hybridized carbons (Fsp3) is 0.529. The SMILES string of the molecule is COc1cc(C(=O)N2CCC[C@@H](CN)C2)cc2nc(-c3cc4cccc(C5CCC(N)CC5)c4n3CC3CC3)n(C)c12. The first-order valence-electron chi connectivity index (χ1n) is 15.9. The van der Waals surface area contributed by atoms with E-state index in [9.17, 15) is 4.79 Å². The summed E-state index contributed by atoms with van der Waals surface area (Å²) in [6.45, 7) is 3.09. The van der Waals surface area contributed by atoms with Crippen LogP contribution in [-0.2, 0) is 13.6 Å². The van der Waals surface area contributed by atoms with Crippen LogP contribution in [0, 0.1) is 11.8 Å². The van der Waals surface area contributed by atoms with Crippen LogP contribution in [0.1, 0.15) is 73.2 Å². The molecule has 0 spiro atoms. The van der Waals surface area contributed by atoms with E-state index in [-0.39, 0.29) is 5.91 Å². The number of nitrogens with two attached hydrogens (primary N) is 2. The van der Waals surface area contributed by atoms with Gasteiger partial charge in [-0.1, -0.05) is 18.2 Å². The number of hydrogen-bond acceptors (Lipinski definition) is 5. The predicted molar refractivity (Wildman–Crippen MR) is 168 cm³/mol. The van der Waals surface area contributed by atoms with Crippen molar-refractivity contribution >= 4 is 27.8 Å². The summed E-state index contributed by atoms with van der Waals surface area (Å²) < 4.78 is 10.6. The molecule has 1 amide bonds. The molecule has 8 heteroatoms. The normalized spacial score (nSPS) is 23.1. The number of hydrogen-bond donors (Lipinski definition) is 2. The zero-order valence-electron chi connectivity index (χ0n) is 25.0. The lowest BCUT2D eigenvalue weighted by molar-refractivity contribution is 0.0678. The molecule has 0 bridgehead atoms. The number of rotatable bonds is 7. The molecule has 2 aliphatic carbocycles. The second-order valence-corrected chi connectivity index (χ2v) is 13.0. The van der Waals surface area contributed by atoms with Crippen molar-refractivity contribution < 1.29 is 9.53 Å². The molecule has 3 fully saturated rings. The lowest BCUT2D eigenvalue weighted by atomic mass is 9.81. The molecule has 7 rings (SSSR count). The molecule has 42 heavy (non-hydrogen) atoms. The highest BCUT2D eigenvalue weighted by atomic mass is 16.5. The van der Waals surface area contributed by atoms with Crippen molar-refractivity contribution in [3.63, 3.8) is 0 Å². The number of aryl methyl sites for hydroxylation is 1. The number of benzene rings is 2. The van der Waals surface area contributed by atoms with Crippen LogP contribution in [0.4, 0.5) is 0 Å². The molecule has 4 N–H and O–H groups in total. The third-order valence-corrected chi connectivity index (χ3v) is 10.1. The second kappa shape index (κ2) is 11.0. The highest BCUT2D eigenvalue weighted by molar-refractivity contribution is 6.00. The summed E-state index contributed by atoms with van der Waals surface area (Å²) in [7, 11) is 3.74. The number of nitrogens with zero attached hydrogens (tertiary/aromatic N) is 4. The number of methoxy groups -OCH3 is 1. The van der Waals surface area contributed by atoms with Gasteiger partial charge >= 0.3 is 0 Å². The minimum atomic E-state index is 0.0280. The maximum Gasteiger partial charge on any atom is 0.254 e. The van der Waals surface area contributed by atoms with Gasteiger partial charge in [-0.25, -0.2) is 4.98 Å². The fourth-order valence-electron chi connectivity index (χ4n) is 7.49. The molecule has 0 radical (unpaired) electrons. The van der Waals surface area contributed by atoms with Gasteiger partial charge in [-0.3, -0.25) is 4.79 Å². The molecule has 1 saturated heterocycles. The number of para-hydroxylation sites is 1. The van der Waals surface area contributed by atoms with Gasteiger partial charge in [0, 0.05) is 43.7 Å². The summed E-state index contributed by atoms with van der Waals surface area (Å²) >= 11 is 0. The predicted octanol–water partition coefficient (Wildman–Crippen LogP) is 5.41. The number of aromatic nitrogens is 3. The molecule has 0 unspecified atom stereocenters. The summed E-state index contributed by atoms with van der Waals surface area (Å²) in [5.74, 6) is 3.22. The molecular weight excluding hydrogens is 524 g/mol. The largest absolute Gasteiger partial charge is 0.494 e. The van der Waals surface area contributed by atoms with Crippen molar-refractivity contribution in [2.24, 2.45) is 30.4 Å². The minimum absolute atomic E-state index is 0.0280. The van der Waals surface area contributed by atoms with E-state index < -0.39 is 0 Å². The standard InChI is InChI=1S/C34H44N6O2/c1-38-32-28(15-25(17-30(32)42-2)34(41)39-14-4-5-22(18-35)19-39)37-33(38)29-16-24-6-3-7-27(23-10-12-26(36)13-11-23)31(24)40(29)20-21-8-9-21/h3,6-7,15-17,21-23,26H,4-5,8-14,18-20,35-36H2,1-2H3/t22-,23?,26?/m0/s1. The van der Waals surface area contributed by atoms with Crippen molar-refractivity contribution in [2.45, 2.75) is 69.9 Å². The number of amides is 1. The van der Waals surface area contributed by atoms with Crippen LogP contribution < -0.4 is 16.2 Å². The Kier molecular flexibility index (Phi) is 7.22. The van der Waals surface area contributed by atoms with Crippen molar-refractivity contribution in [1.29, 1.82) is 0 Å². The van der Waals surface area contributed by atoms with E-state index in [0.717, 1.165) is 74.2 Å².